The molecule has 0 radical (unpaired) electrons. The fourth-order valence-corrected chi connectivity index (χ4v) is 3.78. The summed E-state index contributed by atoms with van der Waals surface area (Å²) in [5, 5.41) is 13.4. The molecule has 0 spiro atoms. The van der Waals surface area contributed by atoms with Gasteiger partial charge < -0.3 is 14.7 Å². The monoisotopic (exact) mass is 419 g/mol. The highest BCUT2D eigenvalue weighted by atomic mass is 35.5. The number of carbonyl (C=O) groups is 1. The number of rotatable bonds is 7. The molecule has 3 rings (SSSR count). The van der Waals surface area contributed by atoms with E-state index in [1.54, 1.807) is 30.3 Å². The van der Waals surface area contributed by atoms with Crippen molar-refractivity contribution in [1.82, 2.24) is 0 Å². The lowest BCUT2D eigenvalue weighted by atomic mass is 10.0. The molecule has 0 atom stereocenters. The van der Waals surface area contributed by atoms with Gasteiger partial charge in [-0.05, 0) is 42.7 Å². The van der Waals surface area contributed by atoms with Crippen LogP contribution in [0.1, 0.15) is 48.2 Å². The molecule has 0 aliphatic carbocycles. The normalized spacial score (nSPS) is 14.6. The molecule has 2 aromatic rings. The molecule has 1 N–H and O–H groups in total. The first-order chi connectivity index (χ1) is 13.4. The van der Waals surface area contributed by atoms with E-state index in [1.807, 2.05) is 0 Å². The number of benzene rings is 2. The molecule has 1 heterocycles. The number of quaternary nitrogens is 1. The summed E-state index contributed by atoms with van der Waals surface area (Å²) < 4.78 is 5.88. The number of hydrogen-bond donors (Lipinski definition) is 1. The fourth-order valence-electron chi connectivity index (χ4n) is 3.47. The van der Waals surface area contributed by atoms with Crippen molar-refractivity contribution in [3.63, 3.8) is 0 Å². The van der Waals surface area contributed by atoms with Crippen LogP contribution in [0.5, 0.6) is 11.5 Å². The number of nitrogens with one attached hydrogen (secondary N) is 1. The Morgan fingerprint density at radius 3 is 2.43 bits per heavy atom. The van der Waals surface area contributed by atoms with Crippen LogP contribution in [-0.4, -0.2) is 18.9 Å². The topological polar surface area (TPSA) is 53.8 Å². The Bertz CT molecular complexity index is 918. The molecule has 2 aromatic carbocycles. The quantitative estimate of drug-likeness (QED) is 0.692. The molecule has 0 aromatic heterocycles. The molecule has 1 aliphatic heterocycles. The molecule has 1 aliphatic rings. The Morgan fingerprint density at radius 1 is 1.07 bits per heavy atom. The fraction of sp³-hybridized carbons (Fsp3) is 0.318. The van der Waals surface area contributed by atoms with E-state index in [2.05, 4.69) is 13.8 Å². The van der Waals surface area contributed by atoms with Crippen LogP contribution in [0.15, 0.2) is 36.1 Å². The third-order valence-electron chi connectivity index (χ3n) is 4.77. The highest BCUT2D eigenvalue weighted by Gasteiger charge is 2.31. The van der Waals surface area contributed by atoms with Crippen LogP contribution < -0.4 is 14.7 Å². The standard InChI is InChI=1S/C22H23Cl2NO3/c1-3-9-25(10-4-2)13-16-19(26)8-6-15-21(27)20(28-22(15)16)12-14-5-7-17(23)18(24)11-14/h5-8,11-12,26H,3-4,9-10,13H2,1-2H3. The smallest absolute Gasteiger partial charge is 0.231 e. The predicted octanol–water partition coefficient (Wildman–Crippen LogP) is 3.89. The number of Topliss-reactive ketones (excluding diaryl/α,β-unsaturated/α-hetero) is 1. The zero-order valence-corrected chi connectivity index (χ0v) is 17.5. The van der Waals surface area contributed by atoms with Gasteiger partial charge >= 0.3 is 0 Å². The van der Waals surface area contributed by atoms with Crippen LogP contribution >= 0.6 is 23.2 Å². The summed E-state index contributed by atoms with van der Waals surface area (Å²) in [6, 6.07) is 8.12. The van der Waals surface area contributed by atoms with Crippen LogP contribution in [0.4, 0.5) is 0 Å². The van der Waals surface area contributed by atoms with Crippen molar-refractivity contribution in [2.24, 2.45) is 0 Å². The van der Waals surface area contributed by atoms with Gasteiger partial charge in [0.15, 0.2) is 5.76 Å². The van der Waals surface area contributed by atoms with Crippen molar-refractivity contribution < 1.29 is 19.5 Å². The van der Waals surface area contributed by atoms with Gasteiger partial charge in [0.05, 0.1) is 28.7 Å². The van der Waals surface area contributed by atoms with Gasteiger partial charge in [0.1, 0.15) is 12.3 Å². The molecule has 4 nitrogen and oxygen atoms in total. The molecule has 0 unspecified atom stereocenters. The average Bonchev–Trinajstić information content (AvgIpc) is 2.97. The van der Waals surface area contributed by atoms with Crippen LogP contribution in [0.25, 0.3) is 6.08 Å². The minimum atomic E-state index is -0.227. The van der Waals surface area contributed by atoms with Gasteiger partial charge in [-0.1, -0.05) is 54.9 Å². The van der Waals surface area contributed by atoms with Gasteiger partial charge in [-0.3, -0.25) is 4.79 Å². The van der Waals surface area contributed by atoms with Gasteiger partial charge in [-0.15, -0.1) is 0 Å². The van der Waals surface area contributed by atoms with E-state index in [-0.39, 0.29) is 17.3 Å². The van der Waals surface area contributed by atoms with Crippen molar-refractivity contribution in [2.45, 2.75) is 33.2 Å². The maximum atomic E-state index is 12.8. The van der Waals surface area contributed by atoms with Gasteiger partial charge in [0.25, 0.3) is 0 Å². The Morgan fingerprint density at radius 2 is 1.79 bits per heavy atom. The molecule has 148 valence electrons. The SMILES string of the molecule is CCC[NH+](CCC)Cc1c([O-])ccc2c1OC(=Cc1ccc(Cl)c(Cl)c1)C2=O. The van der Waals surface area contributed by atoms with Crippen LogP contribution in [0, 0.1) is 0 Å². The first kappa shape index (κ1) is 20.7. The second-order valence-corrected chi connectivity index (χ2v) is 7.77. The summed E-state index contributed by atoms with van der Waals surface area (Å²) >= 11 is 12.0. The minimum Gasteiger partial charge on any atom is -0.872 e. The van der Waals surface area contributed by atoms with Crippen LogP contribution in [-0.2, 0) is 6.54 Å². The second kappa shape index (κ2) is 8.99. The number of hydrogen-bond acceptors (Lipinski definition) is 3. The van der Waals surface area contributed by atoms with Gasteiger partial charge in [0, 0.05) is 5.56 Å². The van der Waals surface area contributed by atoms with E-state index >= 15 is 0 Å². The highest BCUT2D eigenvalue weighted by Crippen LogP contribution is 2.38. The number of halogens is 2. The van der Waals surface area contributed by atoms with Crippen molar-refractivity contribution in [3.8, 4) is 11.5 Å². The predicted molar refractivity (Wildman–Crippen MR) is 110 cm³/mol. The first-order valence-corrected chi connectivity index (χ1v) is 10.3. The van der Waals surface area contributed by atoms with E-state index in [0.29, 0.717) is 39.0 Å². The van der Waals surface area contributed by atoms with E-state index in [0.717, 1.165) is 25.9 Å². The number of ether oxygens (including phenoxy) is 1. The molecular formula is C22H23Cl2NO3. The summed E-state index contributed by atoms with van der Waals surface area (Å²) in [5.74, 6) is 0.267. The number of allylic oxidation sites excluding steroid dienone is 1. The van der Waals surface area contributed by atoms with Crippen LogP contribution in [0.3, 0.4) is 0 Å². The zero-order chi connectivity index (χ0) is 20.3. The Kier molecular flexibility index (Phi) is 6.65. The third kappa shape index (κ3) is 4.35. The van der Waals surface area contributed by atoms with Crippen molar-refractivity contribution >= 4 is 35.1 Å². The van der Waals surface area contributed by atoms with E-state index in [4.69, 9.17) is 27.9 Å². The van der Waals surface area contributed by atoms with Gasteiger partial charge in [-0.2, -0.15) is 0 Å². The average molecular weight is 420 g/mol. The van der Waals surface area contributed by atoms with Gasteiger partial charge in [-0.25, -0.2) is 0 Å². The molecule has 0 bridgehead atoms. The lowest BCUT2D eigenvalue weighted by Gasteiger charge is -2.23. The van der Waals surface area contributed by atoms with Gasteiger partial charge in [0.2, 0.25) is 5.78 Å². The summed E-state index contributed by atoms with van der Waals surface area (Å²) in [6.07, 6.45) is 3.68. The van der Waals surface area contributed by atoms with Crippen molar-refractivity contribution in [1.29, 1.82) is 0 Å². The number of ketones is 1. The lowest BCUT2D eigenvalue weighted by molar-refractivity contribution is -0.914. The number of carbonyl (C=O) groups excluding carboxylic acids is 1. The Balaban J connectivity index is 1.94. The second-order valence-electron chi connectivity index (χ2n) is 6.96. The molecule has 0 amide bonds. The van der Waals surface area contributed by atoms with E-state index in [1.165, 1.54) is 11.0 Å². The van der Waals surface area contributed by atoms with E-state index < -0.39 is 0 Å². The Hall–Kier alpha value is -2.01. The summed E-state index contributed by atoms with van der Waals surface area (Å²) in [5.41, 5.74) is 1.72. The molecule has 0 saturated heterocycles. The van der Waals surface area contributed by atoms with Crippen LogP contribution in [0.2, 0.25) is 10.0 Å². The molecule has 28 heavy (non-hydrogen) atoms. The highest BCUT2D eigenvalue weighted by molar-refractivity contribution is 6.42. The molecule has 6 heteroatoms. The van der Waals surface area contributed by atoms with E-state index in [9.17, 15) is 9.90 Å². The largest absolute Gasteiger partial charge is 0.872 e. The first-order valence-electron chi connectivity index (χ1n) is 9.50. The summed E-state index contributed by atoms with van der Waals surface area (Å²) in [4.78, 5) is 14.1. The van der Waals surface area contributed by atoms with Crippen molar-refractivity contribution in [2.75, 3.05) is 13.1 Å². The zero-order valence-electron chi connectivity index (χ0n) is 16.0. The lowest BCUT2D eigenvalue weighted by Crippen LogP contribution is -3.10. The minimum absolute atomic E-state index is 0.0907. The molecular weight excluding hydrogens is 397 g/mol. The number of fused-ring (bicyclic) bond motifs is 1. The molecule has 0 saturated carbocycles. The van der Waals surface area contributed by atoms with Crippen molar-refractivity contribution in [3.05, 3.63) is 62.8 Å². The Labute approximate surface area is 175 Å². The molecule has 0 fully saturated rings. The maximum absolute atomic E-state index is 12.8. The third-order valence-corrected chi connectivity index (χ3v) is 5.51. The summed E-state index contributed by atoms with van der Waals surface area (Å²) in [7, 11) is 0. The maximum Gasteiger partial charge on any atom is 0.231 e. The summed E-state index contributed by atoms with van der Waals surface area (Å²) in [6.45, 7) is 6.74.